The maximum atomic E-state index is 10.7. The fourth-order valence-corrected chi connectivity index (χ4v) is 2.23. The van der Waals surface area contributed by atoms with Crippen LogP contribution in [0.3, 0.4) is 0 Å². The van der Waals surface area contributed by atoms with Gasteiger partial charge < -0.3 is 14.8 Å². The highest BCUT2D eigenvalue weighted by Gasteiger charge is 2.11. The smallest absolute Gasteiger partial charge is 0.355 e. The first-order valence-corrected chi connectivity index (χ1v) is 6.01. The van der Waals surface area contributed by atoms with Gasteiger partial charge in [0.15, 0.2) is 10.8 Å². The molecule has 0 bridgehead atoms. The Balaban J connectivity index is 1.93. The lowest BCUT2D eigenvalue weighted by Crippen LogP contribution is -2.17. The average Bonchev–Trinajstić information content (AvgIpc) is 2.88. The number of furan rings is 1. The summed E-state index contributed by atoms with van der Waals surface area (Å²) in [6.45, 7) is 1.99. The second-order valence-electron chi connectivity index (χ2n) is 3.67. The van der Waals surface area contributed by atoms with Crippen LogP contribution in [0.25, 0.3) is 0 Å². The van der Waals surface area contributed by atoms with E-state index in [0.29, 0.717) is 5.13 Å². The molecule has 0 aromatic carbocycles. The molecular weight excluding hydrogens is 240 g/mol. The van der Waals surface area contributed by atoms with E-state index in [1.54, 1.807) is 6.26 Å². The third-order valence-corrected chi connectivity index (χ3v) is 2.95. The summed E-state index contributed by atoms with van der Waals surface area (Å²) in [7, 11) is 0. The van der Waals surface area contributed by atoms with Crippen LogP contribution in [0.5, 0.6) is 0 Å². The molecule has 0 aliphatic rings. The van der Waals surface area contributed by atoms with E-state index in [-0.39, 0.29) is 11.7 Å². The molecule has 0 saturated heterocycles. The largest absolute Gasteiger partial charge is 0.476 e. The second-order valence-corrected chi connectivity index (χ2v) is 4.53. The first-order valence-electron chi connectivity index (χ1n) is 5.13. The van der Waals surface area contributed by atoms with Crippen LogP contribution in [-0.2, 0) is 6.42 Å². The van der Waals surface area contributed by atoms with Gasteiger partial charge in [0.1, 0.15) is 5.76 Å². The molecule has 2 heterocycles. The molecule has 17 heavy (non-hydrogen) atoms. The van der Waals surface area contributed by atoms with Crippen molar-refractivity contribution in [2.75, 3.05) is 5.32 Å². The fourth-order valence-electron chi connectivity index (χ4n) is 1.43. The molecule has 0 radical (unpaired) electrons. The Bertz CT molecular complexity index is 493. The van der Waals surface area contributed by atoms with Gasteiger partial charge in [-0.2, -0.15) is 0 Å². The number of nitrogens with zero attached hydrogens (tertiary/aromatic N) is 1. The predicted molar refractivity (Wildman–Crippen MR) is 64.6 cm³/mol. The fraction of sp³-hybridized carbons (Fsp3) is 0.273. The van der Waals surface area contributed by atoms with Crippen LogP contribution in [0.2, 0.25) is 0 Å². The van der Waals surface area contributed by atoms with Crippen LogP contribution in [0.15, 0.2) is 28.2 Å². The minimum atomic E-state index is -1.01. The van der Waals surface area contributed by atoms with Crippen molar-refractivity contribution in [3.8, 4) is 0 Å². The van der Waals surface area contributed by atoms with Crippen molar-refractivity contribution in [1.82, 2.24) is 4.98 Å². The minimum Gasteiger partial charge on any atom is -0.476 e. The Hall–Kier alpha value is -1.82. The molecule has 0 saturated carbocycles. The highest BCUT2D eigenvalue weighted by Crippen LogP contribution is 2.17. The van der Waals surface area contributed by atoms with E-state index in [1.165, 1.54) is 16.7 Å². The van der Waals surface area contributed by atoms with Crippen LogP contribution in [0.4, 0.5) is 5.13 Å². The quantitative estimate of drug-likeness (QED) is 0.855. The molecule has 1 unspecified atom stereocenters. The zero-order valence-corrected chi connectivity index (χ0v) is 10.0. The average molecular weight is 252 g/mol. The van der Waals surface area contributed by atoms with E-state index >= 15 is 0 Å². The van der Waals surface area contributed by atoms with Gasteiger partial charge in [-0.15, -0.1) is 11.3 Å². The van der Waals surface area contributed by atoms with Crippen molar-refractivity contribution in [3.63, 3.8) is 0 Å². The van der Waals surface area contributed by atoms with E-state index in [1.807, 2.05) is 19.1 Å². The Morgan fingerprint density at radius 2 is 2.53 bits per heavy atom. The molecule has 2 aromatic heterocycles. The summed E-state index contributed by atoms with van der Waals surface area (Å²) in [5.41, 5.74) is 0.0719. The van der Waals surface area contributed by atoms with Crippen molar-refractivity contribution < 1.29 is 14.3 Å². The van der Waals surface area contributed by atoms with E-state index in [2.05, 4.69) is 10.3 Å². The predicted octanol–water partition coefficient (Wildman–Crippen LogP) is 2.48. The number of aromatic carboxylic acids is 1. The molecule has 1 atom stereocenters. The van der Waals surface area contributed by atoms with Crippen LogP contribution >= 0.6 is 11.3 Å². The molecule has 5 nitrogen and oxygen atoms in total. The van der Waals surface area contributed by atoms with Crippen molar-refractivity contribution in [3.05, 3.63) is 35.2 Å². The Morgan fingerprint density at radius 1 is 1.71 bits per heavy atom. The molecule has 90 valence electrons. The Morgan fingerprint density at radius 3 is 3.12 bits per heavy atom. The van der Waals surface area contributed by atoms with Crippen LogP contribution < -0.4 is 5.32 Å². The van der Waals surface area contributed by atoms with Gasteiger partial charge >= 0.3 is 5.97 Å². The molecular formula is C11H12N2O3S. The molecule has 6 heteroatoms. The number of carboxylic acids is 1. The molecule has 2 aromatic rings. The lowest BCUT2D eigenvalue weighted by atomic mass is 10.2. The summed E-state index contributed by atoms with van der Waals surface area (Å²) in [5.74, 6) is -0.118. The molecule has 2 rings (SSSR count). The number of carboxylic acid groups (broad SMARTS) is 1. The van der Waals surface area contributed by atoms with Crippen LogP contribution in [0.1, 0.15) is 23.2 Å². The number of carbonyl (C=O) groups is 1. The van der Waals surface area contributed by atoms with E-state index in [9.17, 15) is 4.79 Å². The Kier molecular flexibility index (Phi) is 3.43. The van der Waals surface area contributed by atoms with Gasteiger partial charge in [-0.25, -0.2) is 9.78 Å². The Labute approximate surface area is 102 Å². The standard InChI is InChI=1S/C11H12N2O3S/c1-7(5-8-3-2-4-16-8)12-11-13-9(6-17-11)10(14)15/h2-4,6-7H,5H2,1H3,(H,12,13)(H,14,15). The maximum absolute atomic E-state index is 10.7. The van der Waals surface area contributed by atoms with Gasteiger partial charge in [-0.1, -0.05) is 0 Å². The van der Waals surface area contributed by atoms with Gasteiger partial charge in [-0.05, 0) is 19.1 Å². The first-order chi connectivity index (χ1) is 8.15. The second kappa shape index (κ2) is 5.01. The monoisotopic (exact) mass is 252 g/mol. The van der Waals surface area contributed by atoms with E-state index in [4.69, 9.17) is 9.52 Å². The summed E-state index contributed by atoms with van der Waals surface area (Å²) < 4.78 is 5.23. The number of aromatic nitrogens is 1. The van der Waals surface area contributed by atoms with Crippen molar-refractivity contribution >= 4 is 22.4 Å². The molecule has 0 aliphatic carbocycles. The van der Waals surface area contributed by atoms with E-state index < -0.39 is 5.97 Å². The number of hydrogen-bond acceptors (Lipinski definition) is 5. The molecule has 2 N–H and O–H groups in total. The van der Waals surface area contributed by atoms with E-state index in [0.717, 1.165) is 12.2 Å². The molecule has 0 spiro atoms. The van der Waals surface area contributed by atoms with Gasteiger partial charge in [0.2, 0.25) is 0 Å². The number of rotatable bonds is 5. The zero-order valence-electron chi connectivity index (χ0n) is 9.21. The van der Waals surface area contributed by atoms with Crippen molar-refractivity contribution in [2.24, 2.45) is 0 Å². The summed E-state index contributed by atoms with van der Waals surface area (Å²) >= 11 is 1.29. The van der Waals surface area contributed by atoms with Crippen molar-refractivity contribution in [1.29, 1.82) is 0 Å². The summed E-state index contributed by atoms with van der Waals surface area (Å²) in [5, 5.41) is 14.0. The van der Waals surface area contributed by atoms with Gasteiger partial charge in [0, 0.05) is 17.8 Å². The number of nitrogens with one attached hydrogen (secondary N) is 1. The zero-order chi connectivity index (χ0) is 12.3. The minimum absolute atomic E-state index is 0.0719. The third kappa shape index (κ3) is 3.07. The molecule has 0 fully saturated rings. The first kappa shape index (κ1) is 11.7. The van der Waals surface area contributed by atoms with Gasteiger partial charge in [0.25, 0.3) is 0 Å². The van der Waals surface area contributed by atoms with Crippen LogP contribution in [0, 0.1) is 0 Å². The number of hydrogen-bond donors (Lipinski definition) is 2. The summed E-state index contributed by atoms with van der Waals surface area (Å²) in [6.07, 6.45) is 2.36. The van der Waals surface area contributed by atoms with Crippen LogP contribution in [-0.4, -0.2) is 22.1 Å². The lowest BCUT2D eigenvalue weighted by Gasteiger charge is -2.10. The SMILES string of the molecule is CC(Cc1ccco1)Nc1nc(C(=O)O)cs1. The highest BCUT2D eigenvalue weighted by molar-refractivity contribution is 7.13. The maximum Gasteiger partial charge on any atom is 0.355 e. The molecule has 0 aliphatic heterocycles. The normalized spacial score (nSPS) is 12.3. The third-order valence-electron chi connectivity index (χ3n) is 2.18. The van der Waals surface area contributed by atoms with Crippen molar-refractivity contribution in [2.45, 2.75) is 19.4 Å². The molecule has 0 amide bonds. The number of anilines is 1. The highest BCUT2D eigenvalue weighted by atomic mass is 32.1. The van der Waals surface area contributed by atoms with Gasteiger partial charge in [0.05, 0.1) is 6.26 Å². The summed E-state index contributed by atoms with van der Waals surface area (Å²) in [6, 6.07) is 3.88. The number of thiazole rings is 1. The summed E-state index contributed by atoms with van der Waals surface area (Å²) in [4.78, 5) is 14.6. The lowest BCUT2D eigenvalue weighted by molar-refractivity contribution is 0.0691. The topological polar surface area (TPSA) is 75.4 Å². The van der Waals surface area contributed by atoms with Gasteiger partial charge in [-0.3, -0.25) is 0 Å².